The van der Waals surface area contributed by atoms with Crippen LogP contribution < -0.4 is 4.74 Å². The summed E-state index contributed by atoms with van der Waals surface area (Å²) in [6.45, 7) is 0. The van der Waals surface area contributed by atoms with Crippen molar-refractivity contribution in [2.24, 2.45) is 11.8 Å². The van der Waals surface area contributed by atoms with E-state index in [0.29, 0.717) is 11.1 Å². The summed E-state index contributed by atoms with van der Waals surface area (Å²) in [5.74, 6) is -5.62. The number of hydrogen-bond acceptors (Lipinski definition) is 5. The second kappa shape index (κ2) is 6.59. The molecule has 0 spiro atoms. The molecule has 1 fully saturated rings. The van der Waals surface area contributed by atoms with Crippen LogP contribution in [0.3, 0.4) is 0 Å². The number of methoxy groups -OCH3 is 1. The number of phenols is 2. The largest absolute Gasteiger partial charge is 0.508 e. The summed E-state index contributed by atoms with van der Waals surface area (Å²) in [6.07, 6.45) is 0. The maximum atomic E-state index is 11.7. The molecule has 0 unspecified atom stereocenters. The Bertz CT molecular complexity index is 843. The second-order valence-corrected chi connectivity index (χ2v) is 6.30. The van der Waals surface area contributed by atoms with Crippen LogP contribution in [0.4, 0.5) is 0 Å². The van der Waals surface area contributed by atoms with Gasteiger partial charge in [0.05, 0.1) is 18.9 Å². The van der Waals surface area contributed by atoms with Gasteiger partial charge < -0.3 is 25.2 Å². The van der Waals surface area contributed by atoms with Crippen LogP contribution in [0, 0.1) is 11.8 Å². The molecule has 4 atom stereocenters. The summed E-state index contributed by atoms with van der Waals surface area (Å²) in [6, 6.07) is 10.6. The van der Waals surface area contributed by atoms with E-state index in [9.17, 15) is 30.0 Å². The number of carboxylic acids is 2. The summed E-state index contributed by atoms with van der Waals surface area (Å²) in [4.78, 5) is 23.5. The normalized spacial score (nSPS) is 24.5. The van der Waals surface area contributed by atoms with Crippen LogP contribution in [0.15, 0.2) is 42.5 Å². The van der Waals surface area contributed by atoms with Gasteiger partial charge >= 0.3 is 11.9 Å². The summed E-state index contributed by atoms with van der Waals surface area (Å²) in [7, 11) is 1.38. The number of carbonyl (C=O) groups is 2. The van der Waals surface area contributed by atoms with E-state index in [4.69, 9.17) is 4.74 Å². The molecule has 2 aromatic rings. The molecule has 2 aromatic carbocycles. The van der Waals surface area contributed by atoms with Crippen LogP contribution in [0.2, 0.25) is 0 Å². The number of aliphatic carboxylic acids is 2. The van der Waals surface area contributed by atoms with Crippen molar-refractivity contribution >= 4 is 11.9 Å². The van der Waals surface area contributed by atoms with Gasteiger partial charge in [-0.1, -0.05) is 18.2 Å². The highest BCUT2D eigenvalue weighted by Gasteiger charge is 2.58. The fourth-order valence-corrected chi connectivity index (χ4v) is 3.79. The van der Waals surface area contributed by atoms with Gasteiger partial charge in [-0.25, -0.2) is 0 Å². The SMILES string of the molecule is COc1cc([C@@H]2[C@@H](C(=O)O)[C@H](C(=O)O)[C@H]2c2ccc(O)cc2)ccc1O. The lowest BCUT2D eigenvalue weighted by molar-refractivity contribution is -0.164. The Morgan fingerprint density at radius 2 is 1.35 bits per heavy atom. The van der Waals surface area contributed by atoms with Crippen molar-refractivity contribution in [2.75, 3.05) is 7.11 Å². The molecule has 7 nitrogen and oxygen atoms in total. The van der Waals surface area contributed by atoms with Crippen molar-refractivity contribution < 1.29 is 34.8 Å². The standard InChI is InChI=1S/C19H18O7/c1-26-13-8-10(4-7-12(13)21)15-14(9-2-5-11(20)6-3-9)16(18(22)23)17(15)19(24)25/h2-8,14-17,20-21H,1H3,(H,22,23)(H,24,25)/t14-,15-,16+,17+/m0/s1. The summed E-state index contributed by atoms with van der Waals surface area (Å²) >= 11 is 0. The third kappa shape index (κ3) is 2.81. The Kier molecular flexibility index (Phi) is 4.46. The van der Waals surface area contributed by atoms with Crippen molar-refractivity contribution in [3.8, 4) is 17.2 Å². The Hall–Kier alpha value is -3.22. The van der Waals surface area contributed by atoms with Crippen molar-refractivity contribution in [1.82, 2.24) is 0 Å². The quantitative estimate of drug-likeness (QED) is 0.647. The maximum Gasteiger partial charge on any atom is 0.308 e. The van der Waals surface area contributed by atoms with Gasteiger partial charge in [0.15, 0.2) is 11.5 Å². The van der Waals surface area contributed by atoms with Crippen LogP contribution in [-0.4, -0.2) is 39.5 Å². The highest BCUT2D eigenvalue weighted by atomic mass is 16.5. The van der Waals surface area contributed by atoms with Crippen LogP contribution in [0.25, 0.3) is 0 Å². The van der Waals surface area contributed by atoms with E-state index >= 15 is 0 Å². The fraction of sp³-hybridized carbons (Fsp3) is 0.263. The number of phenolic OH excluding ortho intramolecular Hbond substituents is 2. The van der Waals surface area contributed by atoms with Gasteiger partial charge in [-0.3, -0.25) is 9.59 Å². The summed E-state index contributed by atoms with van der Waals surface area (Å²) in [5.41, 5.74) is 1.20. The molecule has 7 heteroatoms. The minimum Gasteiger partial charge on any atom is -0.508 e. The van der Waals surface area contributed by atoms with E-state index in [1.54, 1.807) is 18.2 Å². The molecule has 1 saturated carbocycles. The van der Waals surface area contributed by atoms with Gasteiger partial charge in [-0.05, 0) is 35.4 Å². The zero-order chi connectivity index (χ0) is 19.0. The monoisotopic (exact) mass is 358 g/mol. The van der Waals surface area contributed by atoms with Gasteiger partial charge in [0.2, 0.25) is 0 Å². The van der Waals surface area contributed by atoms with Crippen LogP contribution >= 0.6 is 0 Å². The molecule has 0 aromatic heterocycles. The molecule has 1 aliphatic carbocycles. The maximum absolute atomic E-state index is 11.7. The average molecular weight is 358 g/mol. The van der Waals surface area contributed by atoms with Gasteiger partial charge in [-0.15, -0.1) is 0 Å². The molecule has 3 rings (SSSR count). The Morgan fingerprint density at radius 1 is 0.846 bits per heavy atom. The van der Waals surface area contributed by atoms with E-state index in [1.807, 2.05) is 0 Å². The molecule has 0 bridgehead atoms. The second-order valence-electron chi connectivity index (χ2n) is 6.30. The Morgan fingerprint density at radius 3 is 1.85 bits per heavy atom. The molecule has 0 heterocycles. The number of benzene rings is 2. The first kappa shape index (κ1) is 17.6. The van der Waals surface area contributed by atoms with Gasteiger partial charge in [0.25, 0.3) is 0 Å². The minimum atomic E-state index is -1.19. The fourth-order valence-electron chi connectivity index (χ4n) is 3.79. The lowest BCUT2D eigenvalue weighted by Crippen LogP contribution is -2.51. The highest BCUT2D eigenvalue weighted by molar-refractivity contribution is 5.85. The molecule has 1 aliphatic rings. The van der Waals surface area contributed by atoms with E-state index < -0.39 is 35.6 Å². The number of hydrogen-bond donors (Lipinski definition) is 4. The lowest BCUT2D eigenvalue weighted by Gasteiger charge is -2.48. The number of carboxylic acid groups (broad SMARTS) is 2. The van der Waals surface area contributed by atoms with Crippen molar-refractivity contribution in [1.29, 1.82) is 0 Å². The van der Waals surface area contributed by atoms with Gasteiger partial charge in [-0.2, -0.15) is 0 Å². The van der Waals surface area contributed by atoms with E-state index in [1.165, 1.54) is 31.4 Å². The third-order valence-electron chi connectivity index (χ3n) is 4.98. The van der Waals surface area contributed by atoms with Crippen molar-refractivity contribution in [3.05, 3.63) is 53.6 Å². The first-order chi connectivity index (χ1) is 12.3. The molecule has 136 valence electrons. The zero-order valence-electron chi connectivity index (χ0n) is 13.9. The van der Waals surface area contributed by atoms with Crippen LogP contribution in [-0.2, 0) is 9.59 Å². The van der Waals surface area contributed by atoms with E-state index in [0.717, 1.165) is 0 Å². The molecule has 0 amide bonds. The zero-order valence-corrected chi connectivity index (χ0v) is 13.9. The predicted octanol–water partition coefficient (Wildman–Crippen LogP) is 2.39. The van der Waals surface area contributed by atoms with E-state index in [2.05, 4.69) is 0 Å². The number of aromatic hydroxyl groups is 2. The molecular weight excluding hydrogens is 340 g/mol. The molecule has 0 radical (unpaired) electrons. The van der Waals surface area contributed by atoms with Crippen LogP contribution in [0.5, 0.6) is 17.2 Å². The molecular formula is C19H18O7. The summed E-state index contributed by atoms with van der Waals surface area (Å²) < 4.78 is 5.08. The van der Waals surface area contributed by atoms with Crippen molar-refractivity contribution in [3.63, 3.8) is 0 Å². The highest BCUT2D eigenvalue weighted by Crippen LogP contribution is 2.58. The van der Waals surface area contributed by atoms with Gasteiger partial charge in [0.1, 0.15) is 5.75 Å². The molecule has 26 heavy (non-hydrogen) atoms. The van der Waals surface area contributed by atoms with Crippen LogP contribution in [0.1, 0.15) is 23.0 Å². The smallest absolute Gasteiger partial charge is 0.308 e. The third-order valence-corrected chi connectivity index (χ3v) is 4.98. The molecule has 4 N–H and O–H groups in total. The average Bonchev–Trinajstić information content (AvgIpc) is 2.56. The van der Waals surface area contributed by atoms with Gasteiger partial charge in [0, 0.05) is 11.8 Å². The topological polar surface area (TPSA) is 124 Å². The first-order valence-corrected chi connectivity index (χ1v) is 7.96. The minimum absolute atomic E-state index is 0.0394. The van der Waals surface area contributed by atoms with Crippen molar-refractivity contribution in [2.45, 2.75) is 11.8 Å². The number of ether oxygens (including phenoxy) is 1. The predicted molar refractivity (Wildman–Crippen MR) is 90.5 cm³/mol. The molecule has 0 aliphatic heterocycles. The number of rotatable bonds is 5. The Balaban J connectivity index is 2.10. The van der Waals surface area contributed by atoms with E-state index in [-0.39, 0.29) is 17.2 Å². The lowest BCUT2D eigenvalue weighted by atomic mass is 9.52. The molecule has 0 saturated heterocycles. The first-order valence-electron chi connectivity index (χ1n) is 7.96. The summed E-state index contributed by atoms with van der Waals surface area (Å²) in [5, 5.41) is 38.4. The Labute approximate surface area is 149 Å².